The van der Waals surface area contributed by atoms with Crippen molar-refractivity contribution in [1.29, 1.82) is 0 Å². The molecule has 0 aromatic heterocycles. The highest BCUT2D eigenvalue weighted by atomic mass is 16.6. The van der Waals surface area contributed by atoms with Crippen molar-refractivity contribution in [3.63, 3.8) is 0 Å². The largest absolute Gasteiger partial charge is 0.462 e. The lowest BCUT2D eigenvalue weighted by molar-refractivity contribution is -0.167. The lowest BCUT2D eigenvalue weighted by atomic mass is 10.0. The van der Waals surface area contributed by atoms with Crippen LogP contribution in [0.4, 0.5) is 0 Å². The second-order valence-electron chi connectivity index (χ2n) is 23.8. The van der Waals surface area contributed by atoms with Crippen LogP contribution in [-0.4, -0.2) is 37.2 Å². The number of carbonyl (C=O) groups is 3. The molecule has 0 saturated carbocycles. The Labute approximate surface area is 503 Å². The van der Waals surface area contributed by atoms with Crippen molar-refractivity contribution in [3.05, 3.63) is 72.9 Å². The first kappa shape index (κ1) is 77.9. The number of carbonyl (C=O) groups excluding carboxylic acids is 3. The summed E-state index contributed by atoms with van der Waals surface area (Å²) < 4.78 is 17.0. The van der Waals surface area contributed by atoms with Crippen molar-refractivity contribution in [2.24, 2.45) is 0 Å². The fourth-order valence-electron chi connectivity index (χ4n) is 10.4. The molecule has 0 aromatic carbocycles. The molecule has 1 atom stereocenters. The number of esters is 3. The summed E-state index contributed by atoms with van der Waals surface area (Å²) in [5, 5.41) is 0. The Morgan fingerprint density at radius 3 is 0.778 bits per heavy atom. The van der Waals surface area contributed by atoms with Crippen LogP contribution >= 0.6 is 0 Å². The molecule has 0 aliphatic carbocycles. The lowest BCUT2D eigenvalue weighted by Crippen LogP contribution is -2.30. The second-order valence-corrected chi connectivity index (χ2v) is 23.8. The second kappa shape index (κ2) is 69.3. The van der Waals surface area contributed by atoms with Crippen LogP contribution in [0.1, 0.15) is 367 Å². The van der Waals surface area contributed by atoms with E-state index in [-0.39, 0.29) is 31.1 Å². The van der Waals surface area contributed by atoms with Gasteiger partial charge in [-0.05, 0) is 89.9 Å². The van der Waals surface area contributed by atoms with Crippen molar-refractivity contribution >= 4 is 17.9 Å². The van der Waals surface area contributed by atoms with Gasteiger partial charge in [0.1, 0.15) is 13.2 Å². The van der Waals surface area contributed by atoms with Crippen molar-refractivity contribution in [3.8, 4) is 0 Å². The Morgan fingerprint density at radius 1 is 0.259 bits per heavy atom. The maximum absolute atomic E-state index is 12.9. The van der Waals surface area contributed by atoms with Gasteiger partial charge in [0.15, 0.2) is 6.10 Å². The van der Waals surface area contributed by atoms with Gasteiger partial charge >= 0.3 is 17.9 Å². The van der Waals surface area contributed by atoms with Crippen LogP contribution in [0.2, 0.25) is 0 Å². The van der Waals surface area contributed by atoms with Gasteiger partial charge in [-0.25, -0.2) is 0 Å². The van der Waals surface area contributed by atoms with Gasteiger partial charge < -0.3 is 14.2 Å². The summed E-state index contributed by atoms with van der Waals surface area (Å²) in [5.41, 5.74) is 0. The highest BCUT2D eigenvalue weighted by molar-refractivity contribution is 5.71. The first-order valence-electron chi connectivity index (χ1n) is 35.4. The fraction of sp³-hybridized carbons (Fsp3) is 0.800. The molecule has 0 amide bonds. The smallest absolute Gasteiger partial charge is 0.306 e. The van der Waals surface area contributed by atoms with E-state index in [1.165, 1.54) is 231 Å². The third-order valence-electron chi connectivity index (χ3n) is 15.7. The van der Waals surface area contributed by atoms with Gasteiger partial charge in [-0.1, -0.05) is 331 Å². The van der Waals surface area contributed by atoms with Crippen LogP contribution in [0.3, 0.4) is 0 Å². The summed E-state index contributed by atoms with van der Waals surface area (Å²) in [4.78, 5) is 38.5. The molecule has 6 nitrogen and oxygen atoms in total. The summed E-state index contributed by atoms with van der Waals surface area (Å²) in [5.74, 6) is -0.899. The van der Waals surface area contributed by atoms with Crippen molar-refractivity contribution in [1.82, 2.24) is 0 Å². The van der Waals surface area contributed by atoms with E-state index in [1.54, 1.807) is 0 Å². The van der Waals surface area contributed by atoms with E-state index in [1.807, 2.05) is 0 Å². The SMILES string of the molecule is CC/C=C\C/C=C\C/C=C\C/C=C\C/C=C\CCCCCC(=O)OC(COC(=O)CCCCCCCCCCC/C=C\CCCCCCCC)COC(=O)CCCCCCCCCCCCCCCCCCCCCCCCCCC. The Morgan fingerprint density at radius 2 is 0.481 bits per heavy atom. The Hall–Kier alpha value is -3.15. The first-order valence-corrected chi connectivity index (χ1v) is 35.4. The maximum atomic E-state index is 12.9. The molecule has 0 aromatic rings. The van der Waals surface area contributed by atoms with Crippen LogP contribution in [0, 0.1) is 0 Å². The average Bonchev–Trinajstić information content (AvgIpc) is 3.47. The summed E-state index contributed by atoms with van der Waals surface area (Å²) in [7, 11) is 0. The molecular formula is C75H134O6. The fourth-order valence-corrected chi connectivity index (χ4v) is 10.4. The molecule has 0 spiro atoms. The van der Waals surface area contributed by atoms with Crippen molar-refractivity contribution in [2.45, 2.75) is 374 Å². The highest BCUT2D eigenvalue weighted by Gasteiger charge is 2.19. The molecule has 0 aliphatic rings. The summed E-state index contributed by atoms with van der Waals surface area (Å²) in [6.07, 6.45) is 90.7. The van der Waals surface area contributed by atoms with E-state index >= 15 is 0 Å². The maximum Gasteiger partial charge on any atom is 0.306 e. The monoisotopic (exact) mass is 1130 g/mol. The molecule has 0 fully saturated rings. The van der Waals surface area contributed by atoms with Crippen molar-refractivity contribution in [2.75, 3.05) is 13.2 Å². The quantitative estimate of drug-likeness (QED) is 0.0261. The van der Waals surface area contributed by atoms with E-state index in [9.17, 15) is 14.4 Å². The molecule has 470 valence electrons. The zero-order valence-corrected chi connectivity index (χ0v) is 54.1. The van der Waals surface area contributed by atoms with Crippen molar-refractivity contribution < 1.29 is 28.6 Å². The molecule has 0 N–H and O–H groups in total. The molecule has 0 bridgehead atoms. The van der Waals surface area contributed by atoms with Gasteiger partial charge in [0.2, 0.25) is 0 Å². The lowest BCUT2D eigenvalue weighted by Gasteiger charge is -2.18. The molecule has 0 radical (unpaired) electrons. The molecule has 1 unspecified atom stereocenters. The van der Waals surface area contributed by atoms with E-state index in [2.05, 4.69) is 93.7 Å². The van der Waals surface area contributed by atoms with Crippen LogP contribution in [0.5, 0.6) is 0 Å². The minimum atomic E-state index is -0.795. The Bertz CT molecular complexity index is 1490. The van der Waals surface area contributed by atoms with Crippen LogP contribution < -0.4 is 0 Å². The van der Waals surface area contributed by atoms with Gasteiger partial charge in [-0.2, -0.15) is 0 Å². The number of unbranched alkanes of at least 4 members (excludes halogenated alkanes) is 42. The van der Waals surface area contributed by atoms with E-state index < -0.39 is 6.10 Å². The molecule has 6 heteroatoms. The normalized spacial score (nSPS) is 12.5. The van der Waals surface area contributed by atoms with Gasteiger partial charge in [-0.3, -0.25) is 14.4 Å². The van der Waals surface area contributed by atoms with E-state index in [4.69, 9.17) is 14.2 Å². The zero-order chi connectivity index (χ0) is 58.5. The molecular weight excluding hydrogens is 997 g/mol. The molecule has 0 aliphatic heterocycles. The number of hydrogen-bond donors (Lipinski definition) is 0. The molecule has 81 heavy (non-hydrogen) atoms. The van der Waals surface area contributed by atoms with Crippen LogP contribution in [0.15, 0.2) is 72.9 Å². The molecule has 0 saturated heterocycles. The van der Waals surface area contributed by atoms with Gasteiger partial charge in [-0.15, -0.1) is 0 Å². The predicted molar refractivity (Wildman–Crippen MR) is 353 cm³/mol. The minimum absolute atomic E-state index is 0.0860. The average molecular weight is 1130 g/mol. The van der Waals surface area contributed by atoms with Gasteiger partial charge in [0.05, 0.1) is 0 Å². The number of hydrogen-bond acceptors (Lipinski definition) is 6. The third-order valence-corrected chi connectivity index (χ3v) is 15.7. The summed E-state index contributed by atoms with van der Waals surface area (Å²) >= 11 is 0. The summed E-state index contributed by atoms with van der Waals surface area (Å²) in [6, 6.07) is 0. The Kier molecular flexibility index (Phi) is 66.6. The van der Waals surface area contributed by atoms with Crippen LogP contribution in [-0.2, 0) is 28.6 Å². The van der Waals surface area contributed by atoms with E-state index in [0.717, 1.165) is 96.3 Å². The molecule has 0 heterocycles. The summed E-state index contributed by atoms with van der Waals surface area (Å²) in [6.45, 7) is 6.56. The Balaban J connectivity index is 4.35. The van der Waals surface area contributed by atoms with Gasteiger partial charge in [0.25, 0.3) is 0 Å². The molecule has 0 rings (SSSR count). The van der Waals surface area contributed by atoms with Crippen LogP contribution in [0.25, 0.3) is 0 Å². The number of allylic oxidation sites excluding steroid dienone is 12. The minimum Gasteiger partial charge on any atom is -0.462 e. The number of rotatable bonds is 65. The first-order chi connectivity index (χ1) is 40.0. The van der Waals surface area contributed by atoms with E-state index in [0.29, 0.717) is 19.3 Å². The highest BCUT2D eigenvalue weighted by Crippen LogP contribution is 2.18. The van der Waals surface area contributed by atoms with Gasteiger partial charge in [0, 0.05) is 19.3 Å². The number of ether oxygens (including phenoxy) is 3. The third kappa shape index (κ3) is 67.5. The topological polar surface area (TPSA) is 78.9 Å². The standard InChI is InChI=1S/C75H134O6/c1-4-7-10-13-16-19-22-25-28-31-34-35-36-37-38-39-42-44-47-50-53-56-59-62-65-68-74(77)80-71-72(81-75(78)69-66-63-60-57-54-51-48-45-41-33-30-27-24-21-18-15-12-9-6-3)70-79-73(76)67-64-61-58-55-52-49-46-43-40-32-29-26-23-20-17-14-11-8-5-2/h9,12,18,21,26-27,29-30,41,45,51,54,72H,4-8,10-11,13-17,19-20,22-25,28,31-40,42-44,46-50,52-53,55-71H2,1-3H3/b12-9-,21-18-,29-26-,30-27-,45-41-,54-51-. The predicted octanol–water partition coefficient (Wildman–Crippen LogP) is 24.4. The zero-order valence-electron chi connectivity index (χ0n) is 54.1.